The first-order chi connectivity index (χ1) is 5.88. The van der Waals surface area contributed by atoms with Gasteiger partial charge in [-0.15, -0.1) is 0 Å². The second-order valence-electron chi connectivity index (χ2n) is 2.88. The number of aromatic nitrogens is 2. The smallest absolute Gasteiger partial charge is 0.165 e. The molecule has 2 rings (SSSR count). The fraction of sp³-hybridized carbons (Fsp3) is 0.500. The van der Waals surface area contributed by atoms with Crippen molar-refractivity contribution in [2.45, 2.75) is 13.3 Å². The summed E-state index contributed by atoms with van der Waals surface area (Å²) in [7, 11) is 0. The van der Waals surface area contributed by atoms with Crippen LogP contribution in [0.1, 0.15) is 12.1 Å². The van der Waals surface area contributed by atoms with E-state index in [4.69, 9.17) is 0 Å². The van der Waals surface area contributed by atoms with Gasteiger partial charge in [-0.25, -0.2) is 0 Å². The summed E-state index contributed by atoms with van der Waals surface area (Å²) in [6.45, 7) is 4.06. The molecule has 3 nitrogen and oxygen atoms in total. The first kappa shape index (κ1) is 7.73. The van der Waals surface area contributed by atoms with Gasteiger partial charge in [0.25, 0.3) is 0 Å². The Labute approximate surface area is 76.0 Å². The number of anilines is 1. The Morgan fingerprint density at radius 3 is 2.92 bits per heavy atom. The molecular weight excluding hydrogens is 170 g/mol. The summed E-state index contributed by atoms with van der Waals surface area (Å²) in [6, 6.07) is 0. The van der Waals surface area contributed by atoms with E-state index in [9.17, 15) is 0 Å². The maximum Gasteiger partial charge on any atom is 0.165 e. The van der Waals surface area contributed by atoms with Crippen molar-refractivity contribution in [2.75, 3.05) is 18.0 Å². The van der Waals surface area contributed by atoms with Crippen LogP contribution in [-0.2, 0) is 0 Å². The second kappa shape index (κ2) is 3.23. The van der Waals surface area contributed by atoms with Crippen LogP contribution in [0.3, 0.4) is 0 Å². The standard InChI is InChI=1S/C8H11N3S/c1-7-8(10-12-9-7)11-5-3-2-4-6-11/h2-3H,4-6H2,1H3. The molecule has 1 aliphatic rings. The monoisotopic (exact) mass is 181 g/mol. The van der Waals surface area contributed by atoms with E-state index in [1.54, 1.807) is 0 Å². The average molecular weight is 181 g/mol. The highest BCUT2D eigenvalue weighted by molar-refractivity contribution is 6.99. The van der Waals surface area contributed by atoms with Crippen LogP contribution < -0.4 is 4.90 Å². The highest BCUT2D eigenvalue weighted by Gasteiger charge is 2.12. The minimum atomic E-state index is 0.978. The van der Waals surface area contributed by atoms with E-state index >= 15 is 0 Å². The van der Waals surface area contributed by atoms with Crippen LogP contribution in [0.15, 0.2) is 12.2 Å². The zero-order valence-electron chi connectivity index (χ0n) is 7.03. The molecule has 4 heteroatoms. The first-order valence-corrected chi connectivity index (χ1v) is 4.80. The van der Waals surface area contributed by atoms with Gasteiger partial charge in [0.05, 0.1) is 17.4 Å². The fourth-order valence-corrected chi connectivity index (χ4v) is 1.92. The van der Waals surface area contributed by atoms with Gasteiger partial charge in [0.2, 0.25) is 0 Å². The Bertz CT molecular complexity index is 292. The van der Waals surface area contributed by atoms with E-state index in [0.717, 1.165) is 31.0 Å². The summed E-state index contributed by atoms with van der Waals surface area (Å²) in [6.07, 6.45) is 5.52. The summed E-state index contributed by atoms with van der Waals surface area (Å²) in [5.41, 5.74) is 1.05. The molecule has 12 heavy (non-hydrogen) atoms. The third-order valence-corrected chi connectivity index (χ3v) is 2.60. The van der Waals surface area contributed by atoms with Crippen LogP contribution in [0.4, 0.5) is 5.82 Å². The van der Waals surface area contributed by atoms with Gasteiger partial charge < -0.3 is 4.90 Å². The highest BCUT2D eigenvalue weighted by Crippen LogP contribution is 2.18. The van der Waals surface area contributed by atoms with Gasteiger partial charge in [-0.1, -0.05) is 12.2 Å². The number of rotatable bonds is 1. The van der Waals surface area contributed by atoms with Gasteiger partial charge in [-0.2, -0.15) is 8.75 Å². The Morgan fingerprint density at radius 1 is 1.42 bits per heavy atom. The zero-order chi connectivity index (χ0) is 8.39. The number of hydrogen-bond acceptors (Lipinski definition) is 4. The Hall–Kier alpha value is -0.900. The molecule has 0 aromatic carbocycles. The topological polar surface area (TPSA) is 29.0 Å². The minimum Gasteiger partial charge on any atom is -0.350 e. The quantitative estimate of drug-likeness (QED) is 0.616. The Balaban J connectivity index is 2.19. The summed E-state index contributed by atoms with van der Waals surface area (Å²) in [5.74, 6) is 1.06. The van der Waals surface area contributed by atoms with Crippen LogP contribution in [0.2, 0.25) is 0 Å². The van der Waals surface area contributed by atoms with Crippen molar-refractivity contribution in [1.29, 1.82) is 0 Å². The van der Waals surface area contributed by atoms with Gasteiger partial charge in [-0.3, -0.25) is 0 Å². The van der Waals surface area contributed by atoms with Crippen molar-refractivity contribution in [3.63, 3.8) is 0 Å². The lowest BCUT2D eigenvalue weighted by atomic mass is 10.2. The molecule has 0 amide bonds. The van der Waals surface area contributed by atoms with Crippen molar-refractivity contribution in [3.05, 3.63) is 17.8 Å². The van der Waals surface area contributed by atoms with Gasteiger partial charge >= 0.3 is 0 Å². The molecule has 1 aromatic heterocycles. The molecule has 0 saturated heterocycles. The molecule has 0 spiro atoms. The normalized spacial score (nSPS) is 16.9. The Kier molecular flexibility index (Phi) is 2.08. The summed E-state index contributed by atoms with van der Waals surface area (Å²) < 4.78 is 8.42. The third kappa shape index (κ3) is 1.34. The zero-order valence-corrected chi connectivity index (χ0v) is 7.84. The summed E-state index contributed by atoms with van der Waals surface area (Å²) in [5, 5.41) is 0. The molecule has 0 saturated carbocycles. The average Bonchev–Trinajstić information content (AvgIpc) is 2.53. The minimum absolute atomic E-state index is 0.978. The SMILES string of the molecule is Cc1nsnc1N1CC=CCC1. The molecule has 0 atom stereocenters. The van der Waals surface area contributed by atoms with E-state index in [0.29, 0.717) is 0 Å². The third-order valence-electron chi connectivity index (χ3n) is 1.99. The largest absolute Gasteiger partial charge is 0.350 e. The molecule has 2 heterocycles. The van der Waals surface area contributed by atoms with E-state index < -0.39 is 0 Å². The van der Waals surface area contributed by atoms with Crippen molar-refractivity contribution in [3.8, 4) is 0 Å². The lowest BCUT2D eigenvalue weighted by Gasteiger charge is -2.22. The van der Waals surface area contributed by atoms with Crippen molar-refractivity contribution >= 4 is 17.5 Å². The first-order valence-electron chi connectivity index (χ1n) is 4.07. The molecule has 0 radical (unpaired) electrons. The van der Waals surface area contributed by atoms with Crippen molar-refractivity contribution < 1.29 is 0 Å². The Morgan fingerprint density at radius 2 is 2.33 bits per heavy atom. The van der Waals surface area contributed by atoms with Gasteiger partial charge in [0, 0.05) is 13.1 Å². The summed E-state index contributed by atoms with van der Waals surface area (Å²) in [4.78, 5) is 2.26. The predicted octanol–water partition coefficient (Wildman–Crippen LogP) is 1.61. The van der Waals surface area contributed by atoms with Crippen LogP contribution in [0, 0.1) is 6.92 Å². The van der Waals surface area contributed by atoms with Gasteiger partial charge in [0.15, 0.2) is 5.82 Å². The van der Waals surface area contributed by atoms with E-state index in [1.165, 1.54) is 11.7 Å². The molecule has 64 valence electrons. The van der Waals surface area contributed by atoms with Gasteiger partial charge in [0.1, 0.15) is 0 Å². The number of aryl methyl sites for hydroxylation is 1. The van der Waals surface area contributed by atoms with E-state index in [2.05, 4.69) is 25.8 Å². The van der Waals surface area contributed by atoms with Crippen LogP contribution in [-0.4, -0.2) is 21.8 Å². The molecule has 0 aliphatic carbocycles. The maximum atomic E-state index is 4.26. The number of hydrogen-bond donors (Lipinski definition) is 0. The molecule has 1 aromatic rings. The van der Waals surface area contributed by atoms with Crippen LogP contribution in [0.5, 0.6) is 0 Å². The van der Waals surface area contributed by atoms with Gasteiger partial charge in [-0.05, 0) is 13.3 Å². The lowest BCUT2D eigenvalue weighted by Crippen LogP contribution is -2.27. The molecule has 0 unspecified atom stereocenters. The van der Waals surface area contributed by atoms with Crippen LogP contribution >= 0.6 is 11.7 Å². The molecule has 1 aliphatic heterocycles. The molecule has 0 fully saturated rings. The maximum absolute atomic E-state index is 4.26. The van der Waals surface area contributed by atoms with E-state index in [-0.39, 0.29) is 0 Å². The fourth-order valence-electron chi connectivity index (χ4n) is 1.35. The van der Waals surface area contributed by atoms with Crippen molar-refractivity contribution in [1.82, 2.24) is 8.75 Å². The number of nitrogens with zero attached hydrogens (tertiary/aromatic N) is 3. The lowest BCUT2D eigenvalue weighted by molar-refractivity contribution is 0.807. The highest BCUT2D eigenvalue weighted by atomic mass is 32.1. The van der Waals surface area contributed by atoms with E-state index in [1.807, 2.05) is 6.92 Å². The molecular formula is C8H11N3S. The van der Waals surface area contributed by atoms with Crippen molar-refractivity contribution in [2.24, 2.45) is 0 Å². The predicted molar refractivity (Wildman–Crippen MR) is 50.6 cm³/mol. The molecule has 0 bridgehead atoms. The van der Waals surface area contributed by atoms with Crippen LogP contribution in [0.25, 0.3) is 0 Å². The second-order valence-corrected chi connectivity index (χ2v) is 3.41. The molecule has 0 N–H and O–H groups in total. The summed E-state index contributed by atoms with van der Waals surface area (Å²) >= 11 is 1.29.